The second kappa shape index (κ2) is 6.69. The van der Waals surface area contributed by atoms with E-state index in [2.05, 4.69) is 6.92 Å². The Balaban J connectivity index is 2.65. The van der Waals surface area contributed by atoms with Crippen LogP contribution in [-0.4, -0.2) is 37.8 Å². The molecule has 1 saturated heterocycles. The second-order valence-electron chi connectivity index (χ2n) is 4.89. The molecule has 1 aliphatic rings. The quantitative estimate of drug-likeness (QED) is 0.698. The third-order valence-corrected chi connectivity index (χ3v) is 3.30. The number of ether oxygens (including phenoxy) is 3. The summed E-state index contributed by atoms with van der Waals surface area (Å²) in [6.45, 7) is 8.89. The van der Waals surface area contributed by atoms with Crippen molar-refractivity contribution in [1.82, 2.24) is 0 Å². The first-order chi connectivity index (χ1) is 8.10. The van der Waals surface area contributed by atoms with E-state index in [1.165, 1.54) is 0 Å². The van der Waals surface area contributed by atoms with Gasteiger partial charge in [0.1, 0.15) is 0 Å². The van der Waals surface area contributed by atoms with Gasteiger partial charge >= 0.3 is 0 Å². The highest BCUT2D eigenvalue weighted by molar-refractivity contribution is 4.89. The summed E-state index contributed by atoms with van der Waals surface area (Å²) < 4.78 is 17.6. The monoisotopic (exact) mass is 245 g/mol. The number of hydrogen-bond acceptors (Lipinski definition) is 4. The Morgan fingerprint density at radius 1 is 1.24 bits per heavy atom. The number of nitrogens with two attached hydrogens (primary N) is 1. The van der Waals surface area contributed by atoms with E-state index in [1.807, 2.05) is 13.8 Å². The van der Waals surface area contributed by atoms with Gasteiger partial charge in [-0.2, -0.15) is 0 Å². The molecule has 1 heterocycles. The average Bonchev–Trinajstić information content (AvgIpc) is 2.27. The predicted molar refractivity (Wildman–Crippen MR) is 67.9 cm³/mol. The molecular weight excluding hydrogens is 218 g/mol. The standard InChI is InChI=1S/C13H27NO3/c1-4-15-13(16-5-2)8-10-17-12(3,11-13)7-6-9-14/h4-11,14H2,1-3H3. The first kappa shape index (κ1) is 14.9. The van der Waals surface area contributed by atoms with Gasteiger partial charge in [0.2, 0.25) is 0 Å². The summed E-state index contributed by atoms with van der Waals surface area (Å²) in [5, 5.41) is 0. The Kier molecular flexibility index (Phi) is 5.86. The molecule has 1 unspecified atom stereocenters. The minimum absolute atomic E-state index is 0.165. The molecule has 1 rings (SSSR count). The Hall–Kier alpha value is -0.160. The Morgan fingerprint density at radius 2 is 1.88 bits per heavy atom. The van der Waals surface area contributed by atoms with Gasteiger partial charge in [0.25, 0.3) is 0 Å². The van der Waals surface area contributed by atoms with E-state index in [0.29, 0.717) is 26.4 Å². The van der Waals surface area contributed by atoms with E-state index >= 15 is 0 Å². The van der Waals surface area contributed by atoms with Gasteiger partial charge in [-0.3, -0.25) is 0 Å². The highest BCUT2D eigenvalue weighted by atomic mass is 16.7. The molecule has 1 atom stereocenters. The van der Waals surface area contributed by atoms with Crippen molar-refractivity contribution in [3.8, 4) is 0 Å². The van der Waals surface area contributed by atoms with Crippen molar-refractivity contribution in [2.75, 3.05) is 26.4 Å². The summed E-state index contributed by atoms with van der Waals surface area (Å²) in [5.41, 5.74) is 5.41. The van der Waals surface area contributed by atoms with Gasteiger partial charge in [-0.25, -0.2) is 0 Å². The average molecular weight is 245 g/mol. The first-order valence-electron chi connectivity index (χ1n) is 6.72. The molecule has 102 valence electrons. The van der Waals surface area contributed by atoms with Crippen molar-refractivity contribution in [2.24, 2.45) is 5.73 Å². The van der Waals surface area contributed by atoms with Crippen molar-refractivity contribution in [3.63, 3.8) is 0 Å². The maximum atomic E-state index is 5.90. The zero-order valence-electron chi connectivity index (χ0n) is 11.5. The summed E-state index contributed by atoms with van der Waals surface area (Å²) in [4.78, 5) is 0. The van der Waals surface area contributed by atoms with Crippen LogP contribution in [0.5, 0.6) is 0 Å². The third-order valence-electron chi connectivity index (χ3n) is 3.30. The molecule has 1 fully saturated rings. The van der Waals surface area contributed by atoms with Crippen LogP contribution in [0.3, 0.4) is 0 Å². The van der Waals surface area contributed by atoms with Crippen LogP contribution in [0.2, 0.25) is 0 Å². The molecule has 0 aromatic rings. The maximum absolute atomic E-state index is 5.90. The molecule has 2 N–H and O–H groups in total. The molecule has 0 amide bonds. The Labute approximate surface area is 105 Å². The SMILES string of the molecule is CCOC1(OCC)CCOC(C)(CCCN)C1. The van der Waals surface area contributed by atoms with Crippen molar-refractivity contribution in [3.05, 3.63) is 0 Å². The molecular formula is C13H27NO3. The third kappa shape index (κ3) is 4.21. The van der Waals surface area contributed by atoms with E-state index in [1.54, 1.807) is 0 Å². The van der Waals surface area contributed by atoms with Gasteiger partial charge < -0.3 is 19.9 Å². The fourth-order valence-electron chi connectivity index (χ4n) is 2.61. The largest absolute Gasteiger partial charge is 0.375 e. The van der Waals surface area contributed by atoms with Crippen LogP contribution in [-0.2, 0) is 14.2 Å². The summed E-state index contributed by atoms with van der Waals surface area (Å²) in [5.74, 6) is -0.453. The first-order valence-corrected chi connectivity index (χ1v) is 6.72. The van der Waals surface area contributed by atoms with E-state index in [9.17, 15) is 0 Å². The van der Waals surface area contributed by atoms with Crippen LogP contribution in [0.4, 0.5) is 0 Å². The minimum atomic E-state index is -0.453. The van der Waals surface area contributed by atoms with Gasteiger partial charge in [-0.15, -0.1) is 0 Å². The zero-order valence-corrected chi connectivity index (χ0v) is 11.5. The fourth-order valence-corrected chi connectivity index (χ4v) is 2.61. The molecule has 0 aliphatic carbocycles. The molecule has 0 saturated carbocycles. The number of rotatable bonds is 7. The molecule has 0 bridgehead atoms. The smallest absolute Gasteiger partial charge is 0.173 e. The molecule has 0 aromatic heterocycles. The maximum Gasteiger partial charge on any atom is 0.173 e. The molecule has 1 aliphatic heterocycles. The normalized spacial score (nSPS) is 28.2. The van der Waals surface area contributed by atoms with Crippen molar-refractivity contribution in [2.45, 2.75) is 57.8 Å². The van der Waals surface area contributed by atoms with Crippen molar-refractivity contribution in [1.29, 1.82) is 0 Å². The zero-order chi connectivity index (χ0) is 12.8. The lowest BCUT2D eigenvalue weighted by Crippen LogP contribution is -2.50. The molecule has 4 nitrogen and oxygen atoms in total. The second-order valence-corrected chi connectivity index (χ2v) is 4.89. The van der Waals surface area contributed by atoms with Crippen molar-refractivity contribution >= 4 is 0 Å². The van der Waals surface area contributed by atoms with E-state index in [0.717, 1.165) is 25.7 Å². The van der Waals surface area contributed by atoms with Crippen LogP contribution in [0.15, 0.2) is 0 Å². The molecule has 4 heteroatoms. The van der Waals surface area contributed by atoms with Crippen LogP contribution < -0.4 is 5.73 Å². The highest BCUT2D eigenvalue weighted by Gasteiger charge is 2.44. The Morgan fingerprint density at radius 3 is 2.41 bits per heavy atom. The lowest BCUT2D eigenvalue weighted by atomic mass is 9.87. The summed E-state index contributed by atoms with van der Waals surface area (Å²) in [7, 11) is 0. The summed E-state index contributed by atoms with van der Waals surface area (Å²) >= 11 is 0. The lowest BCUT2D eigenvalue weighted by molar-refractivity contribution is -0.294. The van der Waals surface area contributed by atoms with Gasteiger partial charge in [0.15, 0.2) is 5.79 Å². The topological polar surface area (TPSA) is 53.7 Å². The Bertz CT molecular complexity index is 211. The van der Waals surface area contributed by atoms with E-state index in [4.69, 9.17) is 19.9 Å². The van der Waals surface area contributed by atoms with Crippen LogP contribution in [0.25, 0.3) is 0 Å². The van der Waals surface area contributed by atoms with Gasteiger partial charge in [0, 0.05) is 26.1 Å². The van der Waals surface area contributed by atoms with Crippen LogP contribution in [0.1, 0.15) is 46.5 Å². The van der Waals surface area contributed by atoms with E-state index < -0.39 is 5.79 Å². The van der Waals surface area contributed by atoms with Crippen molar-refractivity contribution < 1.29 is 14.2 Å². The minimum Gasteiger partial charge on any atom is -0.375 e. The predicted octanol–water partition coefficient (Wildman–Crippen LogP) is 2.06. The van der Waals surface area contributed by atoms with E-state index in [-0.39, 0.29) is 5.60 Å². The van der Waals surface area contributed by atoms with Crippen LogP contribution in [0, 0.1) is 0 Å². The lowest BCUT2D eigenvalue weighted by Gasteiger charge is -2.45. The molecule has 17 heavy (non-hydrogen) atoms. The summed E-state index contributed by atoms with van der Waals surface area (Å²) in [6, 6.07) is 0. The fraction of sp³-hybridized carbons (Fsp3) is 1.00. The van der Waals surface area contributed by atoms with Gasteiger partial charge in [-0.05, 0) is 40.2 Å². The molecule has 0 aromatic carbocycles. The highest BCUT2D eigenvalue weighted by Crippen LogP contribution is 2.38. The number of hydrogen-bond donors (Lipinski definition) is 1. The van der Waals surface area contributed by atoms with Gasteiger partial charge in [0.05, 0.1) is 12.2 Å². The summed E-state index contributed by atoms with van der Waals surface area (Å²) in [6.07, 6.45) is 3.55. The van der Waals surface area contributed by atoms with Crippen LogP contribution >= 0.6 is 0 Å². The van der Waals surface area contributed by atoms with Gasteiger partial charge in [-0.1, -0.05) is 0 Å². The molecule has 0 radical (unpaired) electrons. The molecule has 0 spiro atoms.